The molecule has 4 nitrogen and oxygen atoms in total. The van der Waals surface area contributed by atoms with Gasteiger partial charge in [0.1, 0.15) is 6.61 Å². The van der Waals surface area contributed by atoms with E-state index in [4.69, 9.17) is 22.1 Å². The Morgan fingerprint density at radius 2 is 2.24 bits per heavy atom. The maximum absolute atomic E-state index is 12.3. The normalized spacial score (nSPS) is 20.3. The molecule has 116 valence electrons. The van der Waals surface area contributed by atoms with Crippen LogP contribution in [0.4, 0.5) is 0 Å². The van der Waals surface area contributed by atoms with E-state index >= 15 is 0 Å². The number of likely N-dealkylation sites (tertiary alicyclic amines) is 1. The molecule has 2 rings (SSSR count). The summed E-state index contributed by atoms with van der Waals surface area (Å²) < 4.78 is 5.53. The second-order valence-electron chi connectivity index (χ2n) is 5.59. The van der Waals surface area contributed by atoms with Crippen molar-refractivity contribution in [3.05, 3.63) is 34.9 Å². The summed E-state index contributed by atoms with van der Waals surface area (Å²) in [6.07, 6.45) is 3.16. The minimum absolute atomic E-state index is 0.00202. The number of hydrogen-bond acceptors (Lipinski definition) is 3. The van der Waals surface area contributed by atoms with E-state index in [-0.39, 0.29) is 24.6 Å². The molecule has 1 amide bonds. The molecule has 1 heterocycles. The summed E-state index contributed by atoms with van der Waals surface area (Å²) in [4.78, 5) is 14.2. The fraction of sp³-hybridized carbons (Fsp3) is 0.562. The van der Waals surface area contributed by atoms with Crippen molar-refractivity contribution < 1.29 is 9.53 Å². The van der Waals surface area contributed by atoms with Crippen LogP contribution in [0, 0.1) is 0 Å². The number of halogens is 1. The highest BCUT2D eigenvalue weighted by molar-refractivity contribution is 6.31. The van der Waals surface area contributed by atoms with E-state index in [0.717, 1.165) is 31.4 Å². The molecule has 1 fully saturated rings. The number of carbonyl (C=O) groups excluding carboxylic acids is 1. The van der Waals surface area contributed by atoms with Gasteiger partial charge >= 0.3 is 0 Å². The van der Waals surface area contributed by atoms with Crippen molar-refractivity contribution in [1.82, 2.24) is 4.90 Å². The van der Waals surface area contributed by atoms with Gasteiger partial charge in [-0.15, -0.1) is 0 Å². The van der Waals surface area contributed by atoms with Crippen molar-refractivity contribution in [3.8, 4) is 0 Å². The second-order valence-corrected chi connectivity index (χ2v) is 6.00. The molecule has 0 saturated carbocycles. The summed E-state index contributed by atoms with van der Waals surface area (Å²) >= 11 is 6.06. The van der Waals surface area contributed by atoms with Gasteiger partial charge < -0.3 is 15.4 Å². The molecule has 1 saturated heterocycles. The standard InChI is InChI=1S/C16H23ClN2O2/c1-12(18)15-8-4-5-9-19(15)16(20)11-21-10-13-6-2-3-7-14(13)17/h2-3,6-7,12,15H,4-5,8-11,18H2,1H3/t12-,15+/m1/s1. The van der Waals surface area contributed by atoms with E-state index in [1.165, 1.54) is 0 Å². The van der Waals surface area contributed by atoms with Crippen LogP contribution >= 0.6 is 11.6 Å². The first-order chi connectivity index (χ1) is 10.1. The molecule has 0 unspecified atom stereocenters. The monoisotopic (exact) mass is 310 g/mol. The lowest BCUT2D eigenvalue weighted by Crippen LogP contribution is -2.52. The van der Waals surface area contributed by atoms with Crippen LogP contribution in [0.1, 0.15) is 31.7 Å². The molecule has 1 aromatic carbocycles. The first-order valence-corrected chi connectivity index (χ1v) is 7.83. The number of hydrogen-bond donors (Lipinski definition) is 1. The zero-order valence-corrected chi connectivity index (χ0v) is 13.2. The summed E-state index contributed by atoms with van der Waals surface area (Å²) in [6.45, 7) is 3.16. The summed E-state index contributed by atoms with van der Waals surface area (Å²) in [7, 11) is 0. The Morgan fingerprint density at radius 1 is 1.48 bits per heavy atom. The van der Waals surface area contributed by atoms with Crippen LogP contribution in [-0.2, 0) is 16.1 Å². The van der Waals surface area contributed by atoms with Gasteiger partial charge in [-0.1, -0.05) is 29.8 Å². The predicted molar refractivity (Wildman–Crippen MR) is 84.1 cm³/mol. The van der Waals surface area contributed by atoms with E-state index in [1.807, 2.05) is 36.1 Å². The molecular formula is C16H23ClN2O2. The van der Waals surface area contributed by atoms with Crippen molar-refractivity contribution in [3.63, 3.8) is 0 Å². The molecule has 21 heavy (non-hydrogen) atoms. The van der Waals surface area contributed by atoms with Crippen LogP contribution in [-0.4, -0.2) is 36.0 Å². The van der Waals surface area contributed by atoms with Crippen LogP contribution in [0.25, 0.3) is 0 Å². The Labute approximate surface area is 131 Å². The fourth-order valence-corrected chi connectivity index (χ4v) is 2.95. The number of amides is 1. The minimum Gasteiger partial charge on any atom is -0.367 e. The molecule has 1 aliphatic heterocycles. The molecule has 2 atom stereocenters. The molecular weight excluding hydrogens is 288 g/mol. The van der Waals surface area contributed by atoms with Crippen LogP contribution in [0.5, 0.6) is 0 Å². The number of ether oxygens (including phenoxy) is 1. The van der Waals surface area contributed by atoms with Crippen molar-refractivity contribution in [2.75, 3.05) is 13.2 Å². The molecule has 0 bridgehead atoms. The lowest BCUT2D eigenvalue weighted by Gasteiger charge is -2.38. The number of benzene rings is 1. The number of nitrogens with two attached hydrogens (primary N) is 1. The zero-order chi connectivity index (χ0) is 15.2. The Balaban J connectivity index is 1.85. The van der Waals surface area contributed by atoms with Gasteiger partial charge in [-0.2, -0.15) is 0 Å². The van der Waals surface area contributed by atoms with Gasteiger partial charge in [0.05, 0.1) is 6.61 Å². The first-order valence-electron chi connectivity index (χ1n) is 7.46. The SMILES string of the molecule is C[C@@H](N)[C@@H]1CCCCN1C(=O)COCc1ccccc1Cl. The van der Waals surface area contributed by atoms with Crippen molar-refractivity contribution in [2.24, 2.45) is 5.73 Å². The van der Waals surface area contributed by atoms with Gasteiger partial charge in [0.15, 0.2) is 0 Å². The van der Waals surface area contributed by atoms with Gasteiger partial charge in [0.2, 0.25) is 5.91 Å². The lowest BCUT2D eigenvalue weighted by molar-refractivity contribution is -0.140. The molecule has 5 heteroatoms. The first kappa shape index (κ1) is 16.3. The van der Waals surface area contributed by atoms with Gasteiger partial charge in [-0.05, 0) is 37.8 Å². The highest BCUT2D eigenvalue weighted by Crippen LogP contribution is 2.20. The molecule has 2 N–H and O–H groups in total. The molecule has 0 aromatic heterocycles. The highest BCUT2D eigenvalue weighted by atomic mass is 35.5. The van der Waals surface area contributed by atoms with E-state index in [2.05, 4.69) is 0 Å². The Hall–Kier alpha value is -1.10. The van der Waals surface area contributed by atoms with E-state index in [1.54, 1.807) is 0 Å². The summed E-state index contributed by atoms with van der Waals surface area (Å²) in [5.74, 6) is 0.0176. The third-order valence-corrected chi connectivity index (χ3v) is 4.29. The predicted octanol–water partition coefficient (Wildman–Crippen LogP) is 2.58. The lowest BCUT2D eigenvalue weighted by atomic mass is 9.97. The van der Waals surface area contributed by atoms with Crippen molar-refractivity contribution in [2.45, 2.75) is 44.9 Å². The van der Waals surface area contributed by atoms with Gasteiger partial charge in [0.25, 0.3) is 0 Å². The van der Waals surface area contributed by atoms with Gasteiger partial charge in [0, 0.05) is 23.7 Å². The maximum atomic E-state index is 12.3. The molecule has 1 aromatic rings. The van der Waals surface area contributed by atoms with Crippen molar-refractivity contribution in [1.29, 1.82) is 0 Å². The van der Waals surface area contributed by atoms with Crippen LogP contribution in [0.3, 0.4) is 0 Å². The Morgan fingerprint density at radius 3 is 2.95 bits per heavy atom. The van der Waals surface area contributed by atoms with Crippen LogP contribution in [0.2, 0.25) is 5.02 Å². The summed E-state index contributed by atoms with van der Waals surface area (Å²) in [5, 5.41) is 0.663. The molecule has 1 aliphatic rings. The van der Waals surface area contributed by atoms with E-state index < -0.39 is 0 Å². The minimum atomic E-state index is -0.00202. The second kappa shape index (κ2) is 7.78. The Bertz CT molecular complexity index is 479. The van der Waals surface area contributed by atoms with E-state index in [9.17, 15) is 4.79 Å². The number of piperidine rings is 1. The number of nitrogens with zero attached hydrogens (tertiary/aromatic N) is 1. The van der Waals surface area contributed by atoms with Crippen LogP contribution < -0.4 is 5.73 Å². The van der Waals surface area contributed by atoms with Gasteiger partial charge in [-0.3, -0.25) is 4.79 Å². The smallest absolute Gasteiger partial charge is 0.248 e. The maximum Gasteiger partial charge on any atom is 0.248 e. The highest BCUT2D eigenvalue weighted by Gasteiger charge is 2.28. The zero-order valence-electron chi connectivity index (χ0n) is 12.4. The summed E-state index contributed by atoms with van der Waals surface area (Å²) in [6, 6.07) is 7.63. The summed E-state index contributed by atoms with van der Waals surface area (Å²) in [5.41, 5.74) is 6.88. The third-order valence-electron chi connectivity index (χ3n) is 3.92. The van der Waals surface area contributed by atoms with Crippen molar-refractivity contribution >= 4 is 17.5 Å². The molecule has 0 radical (unpaired) electrons. The van der Waals surface area contributed by atoms with Gasteiger partial charge in [-0.25, -0.2) is 0 Å². The topological polar surface area (TPSA) is 55.6 Å². The quantitative estimate of drug-likeness (QED) is 0.909. The van der Waals surface area contributed by atoms with Crippen LogP contribution in [0.15, 0.2) is 24.3 Å². The van der Waals surface area contributed by atoms with E-state index in [0.29, 0.717) is 11.6 Å². The number of carbonyl (C=O) groups is 1. The average molecular weight is 311 g/mol. The number of rotatable bonds is 5. The average Bonchev–Trinajstić information content (AvgIpc) is 2.49. The fourth-order valence-electron chi connectivity index (χ4n) is 2.76. The molecule has 0 aliphatic carbocycles. The Kier molecular flexibility index (Phi) is 6.03. The molecule has 0 spiro atoms. The largest absolute Gasteiger partial charge is 0.367 e. The third kappa shape index (κ3) is 4.43.